The second kappa shape index (κ2) is 9.54. The number of likely N-dealkylation sites (tertiary alicyclic amines) is 1. The Balaban J connectivity index is 1.60. The Morgan fingerprint density at radius 1 is 0.960 bits per heavy atom. The van der Waals surface area contributed by atoms with Crippen molar-refractivity contribution in [3.63, 3.8) is 0 Å². The van der Waals surface area contributed by atoms with Crippen LogP contribution >= 0.6 is 12.2 Å². The highest BCUT2D eigenvalue weighted by Crippen LogP contribution is 2.23. The third-order valence-corrected chi connectivity index (χ3v) is 4.80. The molecule has 1 N–H and O–H groups in total. The lowest BCUT2D eigenvalue weighted by molar-refractivity contribution is 0.147. The average Bonchev–Trinajstić information content (AvgIpc) is 2.67. The van der Waals surface area contributed by atoms with E-state index in [1.54, 1.807) is 0 Å². The lowest BCUT2D eigenvalue weighted by Gasteiger charge is -2.28. The van der Waals surface area contributed by atoms with E-state index in [0.717, 1.165) is 18.7 Å². The number of thiocarbonyl (C=S) groups is 1. The second-order valence-corrected chi connectivity index (χ2v) is 6.86. The van der Waals surface area contributed by atoms with Crippen LogP contribution in [0.15, 0.2) is 60.7 Å². The Hall–Kier alpha value is -1.91. The van der Waals surface area contributed by atoms with Crippen molar-refractivity contribution in [3.05, 3.63) is 66.2 Å². The number of anilines is 1. The minimum Gasteiger partial charge on any atom is -0.463 e. The molecule has 1 aliphatic rings. The largest absolute Gasteiger partial charge is 0.463 e. The van der Waals surface area contributed by atoms with Gasteiger partial charge in [-0.1, -0.05) is 55.0 Å². The quantitative estimate of drug-likeness (QED) is 0.737. The van der Waals surface area contributed by atoms with Crippen LogP contribution in [-0.2, 0) is 4.74 Å². The van der Waals surface area contributed by atoms with Gasteiger partial charge >= 0.3 is 0 Å². The third kappa shape index (κ3) is 5.83. The molecular weight excluding hydrogens is 328 g/mol. The lowest BCUT2D eigenvalue weighted by Crippen LogP contribution is -2.32. The molecule has 0 aliphatic carbocycles. The zero-order valence-electron chi connectivity index (χ0n) is 14.6. The fourth-order valence-corrected chi connectivity index (χ4v) is 3.48. The number of rotatable bonds is 6. The van der Waals surface area contributed by atoms with Crippen LogP contribution in [0.5, 0.6) is 0 Å². The highest BCUT2D eigenvalue weighted by atomic mass is 32.1. The number of hydrogen-bond acceptors (Lipinski definition) is 3. The van der Waals surface area contributed by atoms with Crippen molar-refractivity contribution in [2.45, 2.75) is 31.8 Å². The first-order chi connectivity index (χ1) is 12.3. The minimum atomic E-state index is -0.0214. The van der Waals surface area contributed by atoms with Gasteiger partial charge in [0.15, 0.2) is 0 Å². The standard InChI is InChI=1S/C21H26N2OS/c25-21(22-19-12-6-2-7-13-19)24-20(18-10-4-1-5-11-18)14-17-23-15-8-3-9-16-23/h1-2,4-7,10-13,20H,3,8-9,14-17H2,(H,22,25). The molecule has 1 aliphatic heterocycles. The number of benzene rings is 2. The Morgan fingerprint density at radius 2 is 1.60 bits per heavy atom. The highest BCUT2D eigenvalue weighted by Gasteiger charge is 2.18. The van der Waals surface area contributed by atoms with E-state index in [-0.39, 0.29) is 6.10 Å². The van der Waals surface area contributed by atoms with Gasteiger partial charge in [0.05, 0.1) is 0 Å². The monoisotopic (exact) mass is 354 g/mol. The van der Waals surface area contributed by atoms with Crippen LogP contribution in [0.4, 0.5) is 5.69 Å². The molecule has 1 atom stereocenters. The van der Waals surface area contributed by atoms with Crippen LogP contribution in [0, 0.1) is 0 Å². The van der Waals surface area contributed by atoms with Crippen LogP contribution in [0.25, 0.3) is 0 Å². The first kappa shape index (κ1) is 17.9. The van der Waals surface area contributed by atoms with Crippen LogP contribution in [0.2, 0.25) is 0 Å². The van der Waals surface area contributed by atoms with E-state index >= 15 is 0 Å². The molecule has 0 aromatic heterocycles. The van der Waals surface area contributed by atoms with E-state index in [1.165, 1.54) is 37.9 Å². The molecule has 2 aromatic carbocycles. The molecule has 1 unspecified atom stereocenters. The maximum atomic E-state index is 6.13. The van der Waals surface area contributed by atoms with Crippen molar-refractivity contribution in [3.8, 4) is 0 Å². The molecule has 1 heterocycles. The fraction of sp³-hybridized carbons (Fsp3) is 0.381. The molecule has 132 valence electrons. The van der Waals surface area contributed by atoms with E-state index in [9.17, 15) is 0 Å². The van der Waals surface area contributed by atoms with E-state index in [4.69, 9.17) is 17.0 Å². The number of piperidine rings is 1. The number of nitrogens with zero attached hydrogens (tertiary/aromatic N) is 1. The molecule has 3 rings (SSSR count). The van der Waals surface area contributed by atoms with Gasteiger partial charge < -0.3 is 15.0 Å². The Labute approximate surface area is 156 Å². The third-order valence-electron chi connectivity index (χ3n) is 4.60. The molecule has 1 saturated heterocycles. The highest BCUT2D eigenvalue weighted by molar-refractivity contribution is 7.80. The smallest absolute Gasteiger partial charge is 0.261 e. The van der Waals surface area contributed by atoms with Crippen LogP contribution in [0.1, 0.15) is 37.4 Å². The normalized spacial score (nSPS) is 16.2. The van der Waals surface area contributed by atoms with Crippen LogP contribution < -0.4 is 5.32 Å². The van der Waals surface area contributed by atoms with Crippen molar-refractivity contribution >= 4 is 23.1 Å². The summed E-state index contributed by atoms with van der Waals surface area (Å²) in [6, 6.07) is 20.3. The molecule has 0 radical (unpaired) electrons. The zero-order valence-corrected chi connectivity index (χ0v) is 15.4. The molecule has 0 bridgehead atoms. The molecule has 0 amide bonds. The predicted octanol–water partition coefficient (Wildman–Crippen LogP) is 5.02. The van der Waals surface area contributed by atoms with Crippen molar-refractivity contribution in [1.29, 1.82) is 0 Å². The number of nitrogens with one attached hydrogen (secondary N) is 1. The molecule has 25 heavy (non-hydrogen) atoms. The summed E-state index contributed by atoms with van der Waals surface area (Å²) in [4.78, 5) is 2.54. The van der Waals surface area contributed by atoms with Gasteiger partial charge in [-0.25, -0.2) is 0 Å². The zero-order chi connectivity index (χ0) is 17.3. The minimum absolute atomic E-state index is 0.0214. The van der Waals surface area contributed by atoms with E-state index in [0.29, 0.717) is 5.17 Å². The van der Waals surface area contributed by atoms with Crippen LogP contribution in [-0.4, -0.2) is 29.7 Å². The van der Waals surface area contributed by atoms with Gasteiger partial charge in [0.2, 0.25) is 0 Å². The summed E-state index contributed by atoms with van der Waals surface area (Å²) in [7, 11) is 0. The maximum Gasteiger partial charge on any atom is 0.261 e. The maximum absolute atomic E-state index is 6.13. The van der Waals surface area contributed by atoms with Crippen LogP contribution in [0.3, 0.4) is 0 Å². The molecule has 0 spiro atoms. The van der Waals surface area contributed by atoms with Crippen molar-refractivity contribution < 1.29 is 4.74 Å². The SMILES string of the molecule is S=C(Nc1ccccc1)OC(CCN1CCCCC1)c1ccccc1. The van der Waals surface area contributed by atoms with Gasteiger partial charge in [0.1, 0.15) is 6.10 Å². The lowest BCUT2D eigenvalue weighted by atomic mass is 10.1. The number of hydrogen-bond donors (Lipinski definition) is 1. The van der Waals surface area contributed by atoms with Crippen molar-refractivity contribution in [2.24, 2.45) is 0 Å². The fourth-order valence-electron chi connectivity index (χ4n) is 3.24. The van der Waals surface area contributed by atoms with Gasteiger partial charge in [-0.05, 0) is 55.8 Å². The molecule has 2 aromatic rings. The van der Waals surface area contributed by atoms with Crippen molar-refractivity contribution in [1.82, 2.24) is 4.90 Å². The summed E-state index contributed by atoms with van der Waals surface area (Å²) in [6.45, 7) is 3.45. The average molecular weight is 355 g/mol. The predicted molar refractivity (Wildman–Crippen MR) is 108 cm³/mol. The van der Waals surface area contributed by atoms with Crippen molar-refractivity contribution in [2.75, 3.05) is 25.0 Å². The van der Waals surface area contributed by atoms with Gasteiger partial charge in [-0.3, -0.25) is 0 Å². The van der Waals surface area contributed by atoms with E-state index in [1.807, 2.05) is 36.4 Å². The van der Waals surface area contributed by atoms with Gasteiger partial charge in [0, 0.05) is 18.7 Å². The Kier molecular flexibility index (Phi) is 6.83. The number of ether oxygens (including phenoxy) is 1. The van der Waals surface area contributed by atoms with E-state index in [2.05, 4.69) is 34.5 Å². The Bertz CT molecular complexity index is 641. The molecule has 3 nitrogen and oxygen atoms in total. The summed E-state index contributed by atoms with van der Waals surface area (Å²) in [5.41, 5.74) is 2.13. The molecule has 4 heteroatoms. The molecule has 0 saturated carbocycles. The first-order valence-corrected chi connectivity index (χ1v) is 9.52. The number of para-hydroxylation sites is 1. The summed E-state index contributed by atoms with van der Waals surface area (Å²) in [5, 5.41) is 3.61. The molecular formula is C21H26N2OS. The Morgan fingerprint density at radius 3 is 2.28 bits per heavy atom. The summed E-state index contributed by atoms with van der Waals surface area (Å²) < 4.78 is 6.13. The first-order valence-electron chi connectivity index (χ1n) is 9.11. The van der Waals surface area contributed by atoms with Gasteiger partial charge in [-0.15, -0.1) is 0 Å². The summed E-state index contributed by atoms with van der Waals surface area (Å²) in [5.74, 6) is 0. The summed E-state index contributed by atoms with van der Waals surface area (Å²) in [6.07, 6.45) is 4.91. The van der Waals surface area contributed by atoms with Gasteiger partial charge in [0.25, 0.3) is 5.17 Å². The van der Waals surface area contributed by atoms with E-state index < -0.39 is 0 Å². The van der Waals surface area contributed by atoms with Gasteiger partial charge in [-0.2, -0.15) is 0 Å². The molecule has 1 fully saturated rings. The topological polar surface area (TPSA) is 24.5 Å². The second-order valence-electron chi connectivity index (χ2n) is 6.49. The summed E-state index contributed by atoms with van der Waals surface area (Å²) >= 11 is 5.44.